The molecule has 0 aliphatic carbocycles. The van der Waals surface area contributed by atoms with E-state index in [1.165, 1.54) is 0 Å². The second-order valence-corrected chi connectivity index (χ2v) is 5.47. The van der Waals surface area contributed by atoms with Gasteiger partial charge in [-0.1, -0.05) is 12.2 Å². The highest BCUT2D eigenvalue weighted by Crippen LogP contribution is 2.03. The van der Waals surface area contributed by atoms with Gasteiger partial charge in [-0.2, -0.15) is 0 Å². The minimum atomic E-state index is 0. The molecule has 0 aromatic rings. The van der Waals surface area contributed by atoms with Crippen LogP contribution in [0.15, 0.2) is 17.1 Å². The zero-order valence-corrected chi connectivity index (χ0v) is 17.0. The lowest BCUT2D eigenvalue weighted by Gasteiger charge is -2.29. The van der Waals surface area contributed by atoms with Crippen molar-refractivity contribution >= 4 is 29.9 Å². The van der Waals surface area contributed by atoms with Gasteiger partial charge in [-0.25, -0.2) is 0 Å². The van der Waals surface area contributed by atoms with Gasteiger partial charge in [0, 0.05) is 31.7 Å². The second kappa shape index (κ2) is 14.6. The molecule has 0 bridgehead atoms. The quantitative estimate of drug-likeness (QED) is 0.202. The van der Waals surface area contributed by atoms with Gasteiger partial charge in [-0.05, 0) is 48.0 Å². The fourth-order valence-electron chi connectivity index (χ4n) is 2.17. The van der Waals surface area contributed by atoms with Crippen molar-refractivity contribution in [3.63, 3.8) is 0 Å². The third kappa shape index (κ3) is 12.0. The van der Waals surface area contributed by atoms with Gasteiger partial charge in [-0.15, -0.1) is 24.0 Å². The Kier molecular flexibility index (Phi) is 16.0. The van der Waals surface area contributed by atoms with E-state index in [2.05, 4.69) is 67.3 Å². The summed E-state index contributed by atoms with van der Waals surface area (Å²) in [4.78, 5) is 7.11. The normalized spacial score (nSPS) is 12.3. The Morgan fingerprint density at radius 3 is 2.24 bits per heavy atom. The SMILES string of the molecule is C/C=C/CCNC(=NCCN(C(C)C)C(C)C)NCC.I. The smallest absolute Gasteiger partial charge is 0.191 e. The molecule has 5 heteroatoms. The molecule has 0 saturated heterocycles. The lowest BCUT2D eigenvalue weighted by Crippen LogP contribution is -2.41. The molecule has 0 spiro atoms. The molecule has 0 aromatic carbocycles. The van der Waals surface area contributed by atoms with Gasteiger partial charge in [-0.3, -0.25) is 9.89 Å². The first-order chi connectivity index (χ1) is 9.52. The van der Waals surface area contributed by atoms with E-state index >= 15 is 0 Å². The number of rotatable bonds is 9. The molecule has 0 aromatic heterocycles. The van der Waals surface area contributed by atoms with Crippen molar-refractivity contribution in [3.8, 4) is 0 Å². The summed E-state index contributed by atoms with van der Waals surface area (Å²) in [6, 6.07) is 1.13. The number of hydrogen-bond donors (Lipinski definition) is 2. The molecule has 0 amide bonds. The molecule has 0 atom stereocenters. The first-order valence-corrected chi connectivity index (χ1v) is 7.92. The van der Waals surface area contributed by atoms with Gasteiger partial charge in [0.15, 0.2) is 5.96 Å². The van der Waals surface area contributed by atoms with E-state index in [4.69, 9.17) is 0 Å². The van der Waals surface area contributed by atoms with Gasteiger partial charge < -0.3 is 10.6 Å². The van der Waals surface area contributed by atoms with Crippen molar-refractivity contribution in [3.05, 3.63) is 12.2 Å². The average Bonchev–Trinajstić information content (AvgIpc) is 2.38. The molecule has 0 heterocycles. The van der Waals surface area contributed by atoms with Crippen LogP contribution in [-0.2, 0) is 0 Å². The molecule has 0 aliphatic heterocycles. The molecular weight excluding hydrogens is 375 g/mol. The predicted molar refractivity (Wildman–Crippen MR) is 106 cm³/mol. The summed E-state index contributed by atoms with van der Waals surface area (Å²) in [5.74, 6) is 0.921. The molecule has 0 aliphatic rings. The van der Waals surface area contributed by atoms with E-state index in [0.717, 1.165) is 38.6 Å². The van der Waals surface area contributed by atoms with Crippen LogP contribution in [0, 0.1) is 0 Å². The van der Waals surface area contributed by atoms with Gasteiger partial charge in [0.25, 0.3) is 0 Å². The highest BCUT2D eigenvalue weighted by atomic mass is 127. The molecule has 2 N–H and O–H groups in total. The van der Waals surface area contributed by atoms with Crippen LogP contribution >= 0.6 is 24.0 Å². The summed E-state index contributed by atoms with van der Waals surface area (Å²) in [6.07, 6.45) is 5.27. The fourth-order valence-corrected chi connectivity index (χ4v) is 2.17. The lowest BCUT2D eigenvalue weighted by molar-refractivity contribution is 0.181. The van der Waals surface area contributed by atoms with E-state index in [-0.39, 0.29) is 24.0 Å². The van der Waals surface area contributed by atoms with E-state index in [1.54, 1.807) is 0 Å². The van der Waals surface area contributed by atoms with E-state index < -0.39 is 0 Å². The van der Waals surface area contributed by atoms with E-state index in [9.17, 15) is 0 Å². The van der Waals surface area contributed by atoms with Crippen LogP contribution in [0.4, 0.5) is 0 Å². The number of halogens is 1. The molecule has 0 radical (unpaired) electrons. The Bertz CT molecular complexity index is 280. The number of allylic oxidation sites excluding steroid dienone is 1. The molecule has 0 rings (SSSR count). The summed E-state index contributed by atoms with van der Waals surface area (Å²) >= 11 is 0. The maximum Gasteiger partial charge on any atom is 0.191 e. The Morgan fingerprint density at radius 1 is 1.14 bits per heavy atom. The number of nitrogens with one attached hydrogen (secondary N) is 2. The van der Waals surface area contributed by atoms with E-state index in [1.807, 2.05) is 6.92 Å². The number of hydrogen-bond acceptors (Lipinski definition) is 2. The monoisotopic (exact) mass is 410 g/mol. The predicted octanol–water partition coefficient (Wildman–Crippen LogP) is 3.24. The molecule has 126 valence electrons. The van der Waals surface area contributed by atoms with Crippen LogP contribution in [0.1, 0.15) is 48.0 Å². The summed E-state index contributed by atoms with van der Waals surface area (Å²) in [5.41, 5.74) is 0. The second-order valence-electron chi connectivity index (χ2n) is 5.47. The lowest BCUT2D eigenvalue weighted by atomic mass is 10.2. The highest BCUT2D eigenvalue weighted by molar-refractivity contribution is 14.0. The van der Waals surface area contributed by atoms with Crippen LogP contribution in [0.25, 0.3) is 0 Å². The van der Waals surface area contributed by atoms with Gasteiger partial charge in [0.1, 0.15) is 0 Å². The minimum absolute atomic E-state index is 0. The minimum Gasteiger partial charge on any atom is -0.357 e. The first kappa shape index (κ1) is 23.0. The van der Waals surface area contributed by atoms with Crippen LogP contribution < -0.4 is 10.6 Å². The Labute approximate surface area is 148 Å². The van der Waals surface area contributed by atoms with Gasteiger partial charge in [0.2, 0.25) is 0 Å². The molecule has 0 saturated carbocycles. The molecule has 4 nitrogen and oxygen atoms in total. The summed E-state index contributed by atoms with van der Waals surface area (Å²) in [5, 5.41) is 6.64. The third-order valence-electron chi connectivity index (χ3n) is 3.14. The topological polar surface area (TPSA) is 39.7 Å². The standard InChI is InChI=1S/C16H34N4.HI/c1-7-9-10-11-18-16(17-8-2)19-12-13-20(14(3)4)15(5)6;/h7,9,14-15H,8,10-13H2,1-6H3,(H2,17,18,19);1H/b9-7+;. The van der Waals surface area contributed by atoms with Crippen molar-refractivity contribution in [1.29, 1.82) is 0 Å². The molecular formula is C16H35IN4. The van der Waals surface area contributed by atoms with Crippen molar-refractivity contribution in [2.75, 3.05) is 26.2 Å². The van der Waals surface area contributed by atoms with Crippen LogP contribution in [0.3, 0.4) is 0 Å². The molecule has 0 fully saturated rings. The average molecular weight is 410 g/mol. The summed E-state index contributed by atoms with van der Waals surface area (Å²) in [7, 11) is 0. The summed E-state index contributed by atoms with van der Waals surface area (Å²) < 4.78 is 0. The third-order valence-corrected chi connectivity index (χ3v) is 3.14. The number of aliphatic imine (C=N–C) groups is 1. The Hall–Kier alpha value is -0.300. The van der Waals surface area contributed by atoms with E-state index in [0.29, 0.717) is 12.1 Å². The van der Waals surface area contributed by atoms with Crippen LogP contribution in [0.5, 0.6) is 0 Å². The van der Waals surface area contributed by atoms with Crippen LogP contribution in [-0.4, -0.2) is 49.1 Å². The van der Waals surface area contributed by atoms with Crippen LogP contribution in [0.2, 0.25) is 0 Å². The van der Waals surface area contributed by atoms with Crippen molar-refractivity contribution in [1.82, 2.24) is 15.5 Å². The number of guanidine groups is 1. The van der Waals surface area contributed by atoms with Gasteiger partial charge in [0.05, 0.1) is 6.54 Å². The van der Waals surface area contributed by atoms with Gasteiger partial charge >= 0.3 is 0 Å². The zero-order chi connectivity index (χ0) is 15.4. The van der Waals surface area contributed by atoms with Crippen molar-refractivity contribution in [2.45, 2.75) is 60.0 Å². The molecule has 21 heavy (non-hydrogen) atoms. The maximum atomic E-state index is 4.64. The van der Waals surface area contributed by atoms with Crippen molar-refractivity contribution in [2.24, 2.45) is 4.99 Å². The van der Waals surface area contributed by atoms with Crippen molar-refractivity contribution < 1.29 is 0 Å². The Balaban J connectivity index is 0. The summed E-state index contributed by atoms with van der Waals surface area (Å²) in [6.45, 7) is 16.8. The molecule has 0 unspecified atom stereocenters. The largest absolute Gasteiger partial charge is 0.357 e. The fraction of sp³-hybridized carbons (Fsp3) is 0.812. The zero-order valence-electron chi connectivity index (χ0n) is 14.6. The Morgan fingerprint density at radius 2 is 1.76 bits per heavy atom. The highest BCUT2D eigenvalue weighted by Gasteiger charge is 2.12. The first-order valence-electron chi connectivity index (χ1n) is 7.92. The maximum absolute atomic E-state index is 4.64. The number of nitrogens with zero attached hydrogens (tertiary/aromatic N) is 2.